The number of carbonyl (C=O) groups excluding carboxylic acids is 3. The Morgan fingerprint density at radius 3 is 2.18 bits per heavy atom. The Labute approximate surface area is 274 Å². The second-order valence-corrected chi connectivity index (χ2v) is 12.0. The summed E-state index contributed by atoms with van der Waals surface area (Å²) in [6.07, 6.45) is 1.63. The van der Waals surface area contributed by atoms with Crippen molar-refractivity contribution >= 4 is 69.9 Å². The lowest BCUT2D eigenvalue weighted by atomic mass is 10.1. The quantitative estimate of drug-likeness (QED) is 0.0985. The third kappa shape index (κ3) is 8.63. The minimum atomic E-state index is -0.569. The zero-order chi connectivity index (χ0) is 31.6. The number of anilines is 2. The van der Waals surface area contributed by atoms with Gasteiger partial charge in [0.25, 0.3) is 11.8 Å². The van der Waals surface area contributed by atoms with Crippen LogP contribution < -0.4 is 20.7 Å². The highest BCUT2D eigenvalue weighted by Crippen LogP contribution is 2.37. The highest BCUT2D eigenvalue weighted by molar-refractivity contribution is 8.00. The molecule has 3 amide bonds. The second kappa shape index (κ2) is 15.3. The number of hydrogen-bond acceptors (Lipinski definition) is 6. The van der Waals surface area contributed by atoms with E-state index in [-0.39, 0.29) is 17.5 Å². The first-order valence-corrected chi connectivity index (χ1v) is 16.0. The Morgan fingerprint density at radius 1 is 0.844 bits per heavy atom. The summed E-state index contributed by atoms with van der Waals surface area (Å²) in [4.78, 5) is 40.5. The van der Waals surface area contributed by atoms with Gasteiger partial charge in [-0.3, -0.25) is 14.4 Å². The fraction of sp³-hybridized carbons (Fsp3) is 0.0571. The van der Waals surface area contributed by atoms with Gasteiger partial charge in [0.05, 0.1) is 12.1 Å². The van der Waals surface area contributed by atoms with E-state index in [0.29, 0.717) is 27.7 Å². The van der Waals surface area contributed by atoms with Crippen molar-refractivity contribution in [3.8, 4) is 5.75 Å². The smallest absolute Gasteiger partial charge is 0.272 e. The van der Waals surface area contributed by atoms with Crippen molar-refractivity contribution in [3.05, 3.63) is 147 Å². The third-order valence-electron chi connectivity index (χ3n) is 6.51. The predicted octanol–water partition coefficient (Wildman–Crippen LogP) is 8.29. The largest absolute Gasteiger partial charge is 0.495 e. The molecule has 0 bridgehead atoms. The van der Waals surface area contributed by atoms with E-state index in [1.807, 2.05) is 65.4 Å². The summed E-state index contributed by atoms with van der Waals surface area (Å²) in [6, 6.07) is 32.3. The maximum Gasteiger partial charge on any atom is 0.272 e. The van der Waals surface area contributed by atoms with Gasteiger partial charge in [-0.1, -0.05) is 60.1 Å². The van der Waals surface area contributed by atoms with Gasteiger partial charge in [-0.2, -0.15) is 11.3 Å². The minimum absolute atomic E-state index is 0.111. The molecule has 5 aromatic rings. The summed E-state index contributed by atoms with van der Waals surface area (Å²) in [7, 11) is 1.53. The summed E-state index contributed by atoms with van der Waals surface area (Å²) in [5, 5.41) is 12.2. The van der Waals surface area contributed by atoms with Gasteiger partial charge in [-0.05, 0) is 88.6 Å². The van der Waals surface area contributed by atoms with Crippen LogP contribution >= 0.6 is 34.7 Å². The maximum atomic E-state index is 13.5. The molecule has 226 valence electrons. The van der Waals surface area contributed by atoms with E-state index in [1.54, 1.807) is 60.7 Å². The molecule has 1 unspecified atom stereocenters. The molecular formula is C35H28ClN3O4S2. The molecule has 4 aromatic carbocycles. The average molecular weight is 654 g/mol. The van der Waals surface area contributed by atoms with Gasteiger partial charge in [0.1, 0.15) is 16.7 Å². The molecule has 7 nitrogen and oxygen atoms in total. The van der Waals surface area contributed by atoms with Gasteiger partial charge in [0.2, 0.25) is 5.91 Å². The monoisotopic (exact) mass is 653 g/mol. The van der Waals surface area contributed by atoms with Crippen molar-refractivity contribution in [1.82, 2.24) is 5.32 Å². The number of methoxy groups -OCH3 is 1. The Bertz CT molecular complexity index is 1800. The number of rotatable bonds is 11. The molecule has 1 atom stereocenters. The molecule has 1 aromatic heterocycles. The van der Waals surface area contributed by atoms with Crippen LogP contribution in [0.2, 0.25) is 5.02 Å². The lowest BCUT2D eigenvalue weighted by molar-refractivity contribution is -0.116. The summed E-state index contributed by atoms with van der Waals surface area (Å²) in [5.74, 6) is -0.558. The number of benzene rings is 4. The van der Waals surface area contributed by atoms with Crippen molar-refractivity contribution in [2.45, 2.75) is 10.1 Å². The van der Waals surface area contributed by atoms with E-state index < -0.39 is 11.2 Å². The van der Waals surface area contributed by atoms with Crippen LogP contribution in [0.15, 0.2) is 131 Å². The van der Waals surface area contributed by atoms with Crippen LogP contribution in [0.25, 0.3) is 6.08 Å². The molecule has 0 saturated heterocycles. The van der Waals surface area contributed by atoms with E-state index in [9.17, 15) is 14.4 Å². The van der Waals surface area contributed by atoms with Crippen LogP contribution in [0.3, 0.4) is 0 Å². The third-order valence-corrected chi connectivity index (χ3v) is 8.77. The van der Waals surface area contributed by atoms with E-state index in [2.05, 4.69) is 16.0 Å². The number of carbonyl (C=O) groups is 3. The van der Waals surface area contributed by atoms with Gasteiger partial charge >= 0.3 is 0 Å². The summed E-state index contributed by atoms with van der Waals surface area (Å²) < 4.78 is 5.21. The number of thiophene rings is 1. The van der Waals surface area contributed by atoms with Crippen LogP contribution in [0.1, 0.15) is 26.7 Å². The molecule has 0 radical (unpaired) electrons. The number of ether oxygens (including phenoxy) is 1. The molecule has 10 heteroatoms. The average Bonchev–Trinajstić information content (AvgIpc) is 3.58. The fourth-order valence-electron chi connectivity index (χ4n) is 4.27. The maximum absolute atomic E-state index is 13.5. The van der Waals surface area contributed by atoms with Gasteiger partial charge < -0.3 is 20.7 Å². The standard InChI is InChI=1S/C35H28ClN3O4S2/c1-43-31-17-14-27(21-29(31)36)38-35(42)32(24-8-4-2-5-9-24)45-28-15-12-26(13-16-28)37-34(41)30(20-23-18-19-44-22-23)39-33(40)25-10-6-3-7-11-25/h2-22,32H,1H3,(H,37,41)(H,38,42)(H,39,40)/b30-20-. The number of nitrogens with one attached hydrogen (secondary N) is 3. The topological polar surface area (TPSA) is 96.5 Å². The van der Waals surface area contributed by atoms with Gasteiger partial charge in [0, 0.05) is 21.8 Å². The van der Waals surface area contributed by atoms with Crippen molar-refractivity contribution in [3.63, 3.8) is 0 Å². The fourth-order valence-corrected chi connectivity index (χ4v) is 6.17. The van der Waals surface area contributed by atoms with Crippen LogP contribution in [0.5, 0.6) is 5.75 Å². The predicted molar refractivity (Wildman–Crippen MR) is 183 cm³/mol. The molecule has 0 fully saturated rings. The molecule has 3 N–H and O–H groups in total. The Hall–Kier alpha value is -4.83. The molecule has 5 rings (SSSR count). The number of halogens is 1. The Balaban J connectivity index is 1.30. The molecular weight excluding hydrogens is 626 g/mol. The lowest BCUT2D eigenvalue weighted by Crippen LogP contribution is -2.30. The second-order valence-electron chi connectivity index (χ2n) is 9.66. The van der Waals surface area contributed by atoms with Crippen molar-refractivity contribution in [2.75, 3.05) is 17.7 Å². The summed E-state index contributed by atoms with van der Waals surface area (Å²) in [5.41, 5.74) is 3.26. The van der Waals surface area contributed by atoms with Gasteiger partial charge in [-0.25, -0.2) is 0 Å². The molecule has 0 aliphatic heterocycles. The highest BCUT2D eigenvalue weighted by atomic mass is 35.5. The molecule has 45 heavy (non-hydrogen) atoms. The van der Waals surface area contributed by atoms with Crippen molar-refractivity contribution < 1.29 is 19.1 Å². The normalized spacial score (nSPS) is 11.7. The van der Waals surface area contributed by atoms with Crippen LogP contribution in [0.4, 0.5) is 11.4 Å². The number of hydrogen-bond donors (Lipinski definition) is 3. The molecule has 0 spiro atoms. The molecule has 0 aliphatic carbocycles. The molecule has 0 aliphatic rings. The van der Waals surface area contributed by atoms with E-state index in [1.165, 1.54) is 30.2 Å². The highest BCUT2D eigenvalue weighted by Gasteiger charge is 2.23. The summed E-state index contributed by atoms with van der Waals surface area (Å²) >= 11 is 9.13. The lowest BCUT2D eigenvalue weighted by Gasteiger charge is -2.18. The first kappa shape index (κ1) is 31.6. The van der Waals surface area contributed by atoms with Crippen LogP contribution in [0, 0.1) is 0 Å². The van der Waals surface area contributed by atoms with Crippen LogP contribution in [-0.4, -0.2) is 24.8 Å². The van der Waals surface area contributed by atoms with E-state index in [0.717, 1.165) is 16.0 Å². The number of amides is 3. The zero-order valence-electron chi connectivity index (χ0n) is 24.0. The minimum Gasteiger partial charge on any atom is -0.495 e. The van der Waals surface area contributed by atoms with E-state index in [4.69, 9.17) is 16.3 Å². The Morgan fingerprint density at radius 2 is 1.53 bits per heavy atom. The van der Waals surface area contributed by atoms with Gasteiger partial charge in [-0.15, -0.1) is 11.8 Å². The van der Waals surface area contributed by atoms with E-state index >= 15 is 0 Å². The molecule has 1 heterocycles. The zero-order valence-corrected chi connectivity index (χ0v) is 26.4. The Kier molecular flexibility index (Phi) is 10.7. The first-order chi connectivity index (χ1) is 21.9. The van der Waals surface area contributed by atoms with Crippen molar-refractivity contribution in [2.24, 2.45) is 0 Å². The SMILES string of the molecule is COc1ccc(NC(=O)C(Sc2ccc(NC(=O)/C(=C/c3ccsc3)NC(=O)c3ccccc3)cc2)c2ccccc2)cc1Cl. The van der Waals surface area contributed by atoms with Crippen LogP contribution in [-0.2, 0) is 9.59 Å². The number of thioether (sulfide) groups is 1. The van der Waals surface area contributed by atoms with Gasteiger partial charge in [0.15, 0.2) is 0 Å². The molecule has 0 saturated carbocycles. The first-order valence-electron chi connectivity index (χ1n) is 13.8. The summed E-state index contributed by atoms with van der Waals surface area (Å²) in [6.45, 7) is 0. The van der Waals surface area contributed by atoms with Crippen molar-refractivity contribution in [1.29, 1.82) is 0 Å².